The molecule has 1 amide bonds. The van der Waals surface area contributed by atoms with E-state index in [1.54, 1.807) is 24.3 Å². The fraction of sp³-hybridized carbons (Fsp3) is 0.235. The van der Waals surface area contributed by atoms with Gasteiger partial charge in [-0.2, -0.15) is 4.31 Å². The third kappa shape index (κ3) is 4.36. The lowest BCUT2D eigenvalue weighted by Gasteiger charge is -2.27. The minimum absolute atomic E-state index is 0.0101. The summed E-state index contributed by atoms with van der Waals surface area (Å²) in [6.07, 6.45) is 0. The number of nitrogens with one attached hydrogen (secondary N) is 1. The maximum absolute atomic E-state index is 13.0. The molecule has 0 aliphatic carbocycles. The quantitative estimate of drug-likeness (QED) is 0.577. The van der Waals surface area contributed by atoms with Crippen LogP contribution >= 0.6 is 0 Å². The van der Waals surface area contributed by atoms with Crippen molar-refractivity contribution in [2.45, 2.75) is 24.4 Å². The Labute approximate surface area is 146 Å². The molecule has 0 unspecified atom stereocenters. The minimum Gasteiger partial charge on any atom is -0.497 e. The summed E-state index contributed by atoms with van der Waals surface area (Å²) < 4.78 is 32.1. The topological polar surface area (TPSA) is 95.9 Å². The number of carbonyl (C=O) groups excluding carboxylic acids is 1. The summed E-state index contributed by atoms with van der Waals surface area (Å²) in [5, 5.41) is 8.89. The molecule has 2 rings (SSSR count). The Morgan fingerprint density at radius 1 is 1.16 bits per heavy atom. The van der Waals surface area contributed by atoms with E-state index in [-0.39, 0.29) is 11.4 Å². The third-order valence-corrected chi connectivity index (χ3v) is 5.70. The summed E-state index contributed by atoms with van der Waals surface area (Å²) in [6.45, 7) is 1.40. The van der Waals surface area contributed by atoms with Crippen molar-refractivity contribution in [2.24, 2.45) is 0 Å². The standard InChI is InChI=1S/C17H20N2O5S/c1-13(17(20)18-21)19(12-14-6-4-3-5-7-14)25(22,23)16-10-8-15(24-2)9-11-16/h3-11,13,21H,12H2,1-2H3,(H,18,20)/t13-/m0/s1. The SMILES string of the molecule is COc1ccc(S(=O)(=O)N(Cc2ccccc2)[C@@H](C)C(=O)NO)cc1. The van der Waals surface area contributed by atoms with E-state index in [9.17, 15) is 13.2 Å². The third-order valence-electron chi connectivity index (χ3n) is 3.77. The number of rotatable bonds is 7. The highest BCUT2D eigenvalue weighted by molar-refractivity contribution is 7.89. The summed E-state index contributed by atoms with van der Waals surface area (Å²) in [5.74, 6) is -0.289. The Bertz CT molecular complexity index is 807. The number of hydrogen-bond donors (Lipinski definition) is 2. The summed E-state index contributed by atoms with van der Waals surface area (Å²) in [7, 11) is -2.49. The number of amides is 1. The van der Waals surface area contributed by atoms with Crippen LogP contribution in [0.25, 0.3) is 0 Å². The predicted octanol–water partition coefficient (Wildman–Crippen LogP) is 1.78. The molecule has 0 aliphatic heterocycles. The van der Waals surface area contributed by atoms with Crippen molar-refractivity contribution in [2.75, 3.05) is 7.11 Å². The molecule has 7 nitrogen and oxygen atoms in total. The second kappa shape index (κ2) is 8.11. The van der Waals surface area contributed by atoms with Gasteiger partial charge in [-0.05, 0) is 36.8 Å². The summed E-state index contributed by atoms with van der Waals surface area (Å²) in [5.41, 5.74) is 2.23. The lowest BCUT2D eigenvalue weighted by molar-refractivity contribution is -0.132. The van der Waals surface area contributed by atoms with Crippen LogP contribution in [0.2, 0.25) is 0 Å². The molecule has 2 aromatic rings. The second-order valence-electron chi connectivity index (χ2n) is 5.36. The number of hydrogen-bond acceptors (Lipinski definition) is 5. The molecule has 8 heteroatoms. The highest BCUT2D eigenvalue weighted by Gasteiger charge is 2.33. The van der Waals surface area contributed by atoms with Gasteiger partial charge in [-0.1, -0.05) is 30.3 Å². The molecule has 0 spiro atoms. The van der Waals surface area contributed by atoms with Crippen LogP contribution in [-0.2, 0) is 21.4 Å². The Morgan fingerprint density at radius 3 is 2.28 bits per heavy atom. The lowest BCUT2D eigenvalue weighted by Crippen LogP contribution is -2.46. The number of benzene rings is 2. The van der Waals surface area contributed by atoms with E-state index >= 15 is 0 Å². The van der Waals surface area contributed by atoms with Crippen LogP contribution in [0.4, 0.5) is 0 Å². The van der Waals surface area contributed by atoms with E-state index < -0.39 is 22.0 Å². The molecule has 0 bridgehead atoms. The zero-order valence-corrected chi connectivity index (χ0v) is 14.7. The van der Waals surface area contributed by atoms with Crippen molar-refractivity contribution in [3.63, 3.8) is 0 Å². The Hall–Kier alpha value is -2.42. The molecule has 134 valence electrons. The smallest absolute Gasteiger partial charge is 0.261 e. The number of sulfonamides is 1. The van der Waals surface area contributed by atoms with Crippen LogP contribution in [0.3, 0.4) is 0 Å². The first-order valence-corrected chi connectivity index (χ1v) is 8.98. The maximum Gasteiger partial charge on any atom is 0.261 e. The van der Waals surface area contributed by atoms with Gasteiger partial charge in [0.15, 0.2) is 0 Å². The van der Waals surface area contributed by atoms with E-state index in [2.05, 4.69) is 0 Å². The van der Waals surface area contributed by atoms with Crippen molar-refractivity contribution in [1.29, 1.82) is 0 Å². The van der Waals surface area contributed by atoms with E-state index in [0.29, 0.717) is 5.75 Å². The molecule has 0 aromatic heterocycles. The summed E-state index contributed by atoms with van der Waals surface area (Å²) in [6, 6.07) is 13.7. The van der Waals surface area contributed by atoms with Gasteiger partial charge in [-0.3, -0.25) is 10.0 Å². The van der Waals surface area contributed by atoms with Gasteiger partial charge in [0, 0.05) is 6.54 Å². The van der Waals surface area contributed by atoms with Gasteiger partial charge in [0.1, 0.15) is 11.8 Å². The van der Waals surface area contributed by atoms with Crippen LogP contribution in [0.1, 0.15) is 12.5 Å². The number of methoxy groups -OCH3 is 1. The highest BCUT2D eigenvalue weighted by atomic mass is 32.2. The molecule has 0 saturated carbocycles. The van der Waals surface area contributed by atoms with Crippen LogP contribution in [0.5, 0.6) is 5.75 Å². The van der Waals surface area contributed by atoms with Gasteiger partial charge in [-0.25, -0.2) is 13.9 Å². The molecule has 0 fully saturated rings. The van der Waals surface area contributed by atoms with E-state index in [0.717, 1.165) is 9.87 Å². The number of hydroxylamine groups is 1. The average molecular weight is 364 g/mol. The van der Waals surface area contributed by atoms with Gasteiger partial charge in [0.05, 0.1) is 12.0 Å². The number of carbonyl (C=O) groups is 1. The normalized spacial score (nSPS) is 12.6. The van der Waals surface area contributed by atoms with Crippen LogP contribution in [-0.4, -0.2) is 37.0 Å². The van der Waals surface area contributed by atoms with Gasteiger partial charge in [0.25, 0.3) is 5.91 Å². The van der Waals surface area contributed by atoms with E-state index in [4.69, 9.17) is 9.94 Å². The number of nitrogens with zero attached hydrogens (tertiary/aromatic N) is 1. The first-order valence-electron chi connectivity index (χ1n) is 7.54. The van der Waals surface area contributed by atoms with Gasteiger partial charge in [-0.15, -0.1) is 0 Å². The largest absolute Gasteiger partial charge is 0.497 e. The zero-order chi connectivity index (χ0) is 18.4. The lowest BCUT2D eigenvalue weighted by atomic mass is 10.2. The molecule has 0 aliphatic rings. The second-order valence-corrected chi connectivity index (χ2v) is 7.25. The van der Waals surface area contributed by atoms with Crippen LogP contribution < -0.4 is 10.2 Å². The Balaban J connectivity index is 2.42. The highest BCUT2D eigenvalue weighted by Crippen LogP contribution is 2.23. The summed E-state index contributed by atoms with van der Waals surface area (Å²) in [4.78, 5) is 11.9. The molecule has 25 heavy (non-hydrogen) atoms. The molecule has 0 heterocycles. The van der Waals surface area contributed by atoms with Crippen LogP contribution in [0, 0.1) is 0 Å². The van der Waals surface area contributed by atoms with Crippen molar-refractivity contribution < 1.29 is 23.2 Å². The van der Waals surface area contributed by atoms with Crippen molar-refractivity contribution >= 4 is 15.9 Å². The molecule has 2 aromatic carbocycles. The van der Waals surface area contributed by atoms with Gasteiger partial charge >= 0.3 is 0 Å². The molecule has 2 N–H and O–H groups in total. The molecule has 1 atom stereocenters. The van der Waals surface area contributed by atoms with E-state index in [1.807, 2.05) is 6.07 Å². The zero-order valence-electron chi connectivity index (χ0n) is 13.9. The number of ether oxygens (including phenoxy) is 1. The monoisotopic (exact) mass is 364 g/mol. The maximum atomic E-state index is 13.0. The predicted molar refractivity (Wildman–Crippen MR) is 91.6 cm³/mol. The molecule has 0 saturated heterocycles. The molecular weight excluding hydrogens is 344 g/mol. The average Bonchev–Trinajstić information content (AvgIpc) is 2.65. The minimum atomic E-state index is -3.97. The fourth-order valence-electron chi connectivity index (χ4n) is 2.30. The molecule has 0 radical (unpaired) electrons. The van der Waals surface area contributed by atoms with E-state index in [1.165, 1.54) is 43.8 Å². The fourth-order valence-corrected chi connectivity index (χ4v) is 3.88. The Kier molecular flexibility index (Phi) is 6.13. The first-order chi connectivity index (χ1) is 11.9. The first kappa shape index (κ1) is 18.9. The van der Waals surface area contributed by atoms with Crippen molar-refractivity contribution in [3.8, 4) is 5.75 Å². The van der Waals surface area contributed by atoms with Gasteiger partial charge in [0.2, 0.25) is 10.0 Å². The van der Waals surface area contributed by atoms with Crippen molar-refractivity contribution in [3.05, 3.63) is 60.2 Å². The molecular formula is C17H20N2O5S. The van der Waals surface area contributed by atoms with Crippen LogP contribution in [0.15, 0.2) is 59.5 Å². The van der Waals surface area contributed by atoms with Gasteiger partial charge < -0.3 is 4.74 Å². The van der Waals surface area contributed by atoms with Crippen molar-refractivity contribution in [1.82, 2.24) is 9.79 Å². The summed E-state index contributed by atoms with van der Waals surface area (Å²) >= 11 is 0. The Morgan fingerprint density at radius 2 is 1.76 bits per heavy atom.